The van der Waals surface area contributed by atoms with Gasteiger partial charge in [0.25, 0.3) is 0 Å². The van der Waals surface area contributed by atoms with Crippen LogP contribution in [-0.4, -0.2) is 23.7 Å². The van der Waals surface area contributed by atoms with E-state index in [4.69, 9.17) is 0 Å². The summed E-state index contributed by atoms with van der Waals surface area (Å²) in [4.78, 5) is 11.5. The average Bonchev–Trinajstić information content (AvgIpc) is 2.79. The molecule has 0 heterocycles. The molecule has 1 fully saturated rings. The molecule has 3 nitrogen and oxygen atoms in total. The summed E-state index contributed by atoms with van der Waals surface area (Å²) >= 11 is 0. The molecule has 1 unspecified atom stereocenters. The van der Waals surface area contributed by atoms with Crippen molar-refractivity contribution in [3.63, 3.8) is 0 Å². The fourth-order valence-corrected chi connectivity index (χ4v) is 2.30. The van der Waals surface area contributed by atoms with Crippen molar-refractivity contribution < 1.29 is 9.90 Å². The van der Waals surface area contributed by atoms with E-state index in [-0.39, 0.29) is 12.0 Å². The first kappa shape index (κ1) is 13.5. The van der Waals surface area contributed by atoms with Gasteiger partial charge in [0.1, 0.15) is 0 Å². The number of aliphatic hydroxyl groups is 1. The highest BCUT2D eigenvalue weighted by Crippen LogP contribution is 2.28. The van der Waals surface area contributed by atoms with E-state index in [1.165, 1.54) is 25.7 Å². The predicted octanol–water partition coefficient (Wildman–Crippen LogP) is 2.23. The van der Waals surface area contributed by atoms with Crippen LogP contribution in [0.5, 0.6) is 0 Å². The Morgan fingerprint density at radius 3 is 2.75 bits per heavy atom. The molecule has 0 aromatic rings. The monoisotopic (exact) mass is 227 g/mol. The summed E-state index contributed by atoms with van der Waals surface area (Å²) in [6.45, 7) is 2.56. The molecule has 2 N–H and O–H groups in total. The molecule has 0 aliphatic heterocycles. The molecule has 1 saturated carbocycles. The number of hydrogen-bond donors (Lipinski definition) is 2. The minimum atomic E-state index is -0.268. The summed E-state index contributed by atoms with van der Waals surface area (Å²) in [5, 5.41) is 12.2. The maximum Gasteiger partial charge on any atom is 0.220 e. The van der Waals surface area contributed by atoms with E-state index in [2.05, 4.69) is 5.32 Å². The Balaban J connectivity index is 1.97. The minimum absolute atomic E-state index is 0.148. The lowest BCUT2D eigenvalue weighted by Crippen LogP contribution is -2.27. The van der Waals surface area contributed by atoms with Gasteiger partial charge in [0.15, 0.2) is 0 Å². The second-order valence-electron chi connectivity index (χ2n) is 4.89. The Hall–Kier alpha value is -0.570. The number of rotatable bonds is 7. The molecular weight excluding hydrogens is 202 g/mol. The van der Waals surface area contributed by atoms with Gasteiger partial charge >= 0.3 is 0 Å². The highest BCUT2D eigenvalue weighted by Gasteiger charge is 2.15. The lowest BCUT2D eigenvalue weighted by molar-refractivity contribution is -0.121. The fourth-order valence-electron chi connectivity index (χ4n) is 2.30. The third-order valence-electron chi connectivity index (χ3n) is 3.53. The van der Waals surface area contributed by atoms with Crippen molar-refractivity contribution in [3.05, 3.63) is 0 Å². The van der Waals surface area contributed by atoms with Crippen LogP contribution in [0.15, 0.2) is 0 Å². The van der Waals surface area contributed by atoms with Gasteiger partial charge in [0, 0.05) is 13.0 Å². The topological polar surface area (TPSA) is 49.3 Å². The van der Waals surface area contributed by atoms with E-state index in [0.29, 0.717) is 19.4 Å². The van der Waals surface area contributed by atoms with Crippen molar-refractivity contribution in [1.29, 1.82) is 0 Å². The zero-order valence-electron chi connectivity index (χ0n) is 10.4. The molecule has 0 aromatic heterocycles. The molecular formula is C13H25NO2. The highest BCUT2D eigenvalue weighted by molar-refractivity contribution is 5.75. The zero-order chi connectivity index (χ0) is 11.8. The Morgan fingerprint density at radius 2 is 2.12 bits per heavy atom. The molecule has 0 aromatic carbocycles. The Morgan fingerprint density at radius 1 is 1.44 bits per heavy atom. The summed E-state index contributed by atoms with van der Waals surface area (Å²) in [6, 6.07) is 0. The van der Waals surface area contributed by atoms with Gasteiger partial charge in [0.05, 0.1) is 6.10 Å². The van der Waals surface area contributed by atoms with Crippen molar-refractivity contribution >= 4 is 5.91 Å². The first-order chi connectivity index (χ1) is 7.72. The summed E-state index contributed by atoms with van der Waals surface area (Å²) in [5.41, 5.74) is 0. The molecule has 16 heavy (non-hydrogen) atoms. The van der Waals surface area contributed by atoms with Gasteiger partial charge in [-0.1, -0.05) is 32.6 Å². The number of carbonyl (C=O) groups excluding carboxylic acids is 1. The van der Waals surface area contributed by atoms with Crippen LogP contribution < -0.4 is 5.32 Å². The maximum atomic E-state index is 11.5. The van der Waals surface area contributed by atoms with Crippen LogP contribution in [0.4, 0.5) is 0 Å². The van der Waals surface area contributed by atoms with Crippen LogP contribution in [-0.2, 0) is 4.79 Å². The smallest absolute Gasteiger partial charge is 0.220 e. The van der Waals surface area contributed by atoms with E-state index >= 15 is 0 Å². The predicted molar refractivity (Wildman–Crippen MR) is 65.1 cm³/mol. The number of carbonyl (C=O) groups is 1. The van der Waals surface area contributed by atoms with E-state index < -0.39 is 0 Å². The second kappa shape index (κ2) is 7.66. The van der Waals surface area contributed by atoms with Gasteiger partial charge in [-0.3, -0.25) is 4.79 Å². The van der Waals surface area contributed by atoms with Gasteiger partial charge in [0.2, 0.25) is 5.91 Å². The van der Waals surface area contributed by atoms with Crippen molar-refractivity contribution in [3.8, 4) is 0 Å². The third-order valence-corrected chi connectivity index (χ3v) is 3.53. The van der Waals surface area contributed by atoms with Gasteiger partial charge in [-0.25, -0.2) is 0 Å². The van der Waals surface area contributed by atoms with Gasteiger partial charge in [-0.15, -0.1) is 0 Å². The summed E-state index contributed by atoms with van der Waals surface area (Å²) in [6.07, 6.45) is 8.17. The largest absolute Gasteiger partial charge is 0.393 e. The molecule has 0 radical (unpaired) electrons. The van der Waals surface area contributed by atoms with Crippen LogP contribution in [0.25, 0.3) is 0 Å². The average molecular weight is 227 g/mol. The normalized spacial score (nSPS) is 18.6. The van der Waals surface area contributed by atoms with Crippen molar-refractivity contribution in [2.75, 3.05) is 6.54 Å². The molecule has 0 saturated heterocycles. The van der Waals surface area contributed by atoms with Crippen molar-refractivity contribution in [2.45, 2.75) is 64.4 Å². The lowest BCUT2D eigenvalue weighted by atomic mass is 10.0. The Kier molecular flexibility index (Phi) is 6.46. The molecule has 0 spiro atoms. The molecule has 1 amide bonds. The van der Waals surface area contributed by atoms with Crippen molar-refractivity contribution in [1.82, 2.24) is 5.32 Å². The van der Waals surface area contributed by atoms with Gasteiger partial charge < -0.3 is 10.4 Å². The number of aliphatic hydroxyl groups excluding tert-OH is 1. The second-order valence-corrected chi connectivity index (χ2v) is 4.89. The Bertz CT molecular complexity index is 200. The molecule has 1 rings (SSSR count). The molecule has 1 atom stereocenters. The minimum Gasteiger partial charge on any atom is -0.393 e. The molecule has 3 heteroatoms. The summed E-state index contributed by atoms with van der Waals surface area (Å²) < 4.78 is 0. The van der Waals surface area contributed by atoms with Crippen molar-refractivity contribution in [2.24, 2.45) is 5.92 Å². The fraction of sp³-hybridized carbons (Fsp3) is 0.923. The standard InChI is InChI=1S/C13H25NO2/c1-2-12(15)9-10-14-13(16)8-7-11-5-3-4-6-11/h11-12,15H,2-10H2,1H3,(H,14,16). The highest BCUT2D eigenvalue weighted by atomic mass is 16.3. The molecule has 94 valence electrons. The molecule has 0 bridgehead atoms. The first-order valence-corrected chi connectivity index (χ1v) is 6.67. The first-order valence-electron chi connectivity index (χ1n) is 6.67. The maximum absolute atomic E-state index is 11.5. The lowest BCUT2D eigenvalue weighted by Gasteiger charge is -2.10. The van der Waals surface area contributed by atoms with E-state index in [1.54, 1.807) is 0 Å². The molecule has 1 aliphatic carbocycles. The quantitative estimate of drug-likeness (QED) is 0.700. The zero-order valence-corrected chi connectivity index (χ0v) is 10.4. The van der Waals surface area contributed by atoms with Crippen LogP contribution in [0, 0.1) is 5.92 Å². The van der Waals surface area contributed by atoms with Gasteiger partial charge in [-0.2, -0.15) is 0 Å². The Labute approximate surface area is 98.6 Å². The summed E-state index contributed by atoms with van der Waals surface area (Å²) in [5.74, 6) is 0.933. The van der Waals surface area contributed by atoms with E-state index in [1.807, 2.05) is 6.92 Å². The van der Waals surface area contributed by atoms with E-state index in [0.717, 1.165) is 18.8 Å². The molecule has 1 aliphatic rings. The number of hydrogen-bond acceptors (Lipinski definition) is 2. The summed E-state index contributed by atoms with van der Waals surface area (Å²) in [7, 11) is 0. The third kappa shape index (κ3) is 5.50. The van der Waals surface area contributed by atoms with Crippen LogP contribution in [0.2, 0.25) is 0 Å². The number of nitrogens with one attached hydrogen (secondary N) is 1. The van der Waals surface area contributed by atoms with Crippen LogP contribution >= 0.6 is 0 Å². The van der Waals surface area contributed by atoms with Crippen LogP contribution in [0.3, 0.4) is 0 Å². The number of amides is 1. The SMILES string of the molecule is CCC(O)CCNC(=O)CCC1CCCC1. The van der Waals surface area contributed by atoms with E-state index in [9.17, 15) is 9.90 Å². The van der Waals surface area contributed by atoms with Gasteiger partial charge in [-0.05, 0) is 25.2 Å². The van der Waals surface area contributed by atoms with Crippen LogP contribution in [0.1, 0.15) is 58.3 Å².